The summed E-state index contributed by atoms with van der Waals surface area (Å²) >= 11 is 3.81. The van der Waals surface area contributed by atoms with Crippen molar-refractivity contribution < 1.29 is 4.79 Å². The zero-order valence-electron chi connectivity index (χ0n) is 9.66. The SMILES string of the molecule is Cc1nc(CC(=O)c2cccc(C)c2I)cs1. The van der Waals surface area contributed by atoms with Gasteiger partial charge in [0, 0.05) is 14.5 Å². The summed E-state index contributed by atoms with van der Waals surface area (Å²) in [6, 6.07) is 5.83. The lowest BCUT2D eigenvalue weighted by Crippen LogP contribution is -2.06. The van der Waals surface area contributed by atoms with Gasteiger partial charge in [-0.05, 0) is 42.0 Å². The van der Waals surface area contributed by atoms with Crippen molar-refractivity contribution >= 4 is 39.7 Å². The summed E-state index contributed by atoms with van der Waals surface area (Å²) in [7, 11) is 0. The molecule has 0 unspecified atom stereocenters. The largest absolute Gasteiger partial charge is 0.294 e. The molecule has 0 amide bonds. The van der Waals surface area contributed by atoms with Gasteiger partial charge in [-0.2, -0.15) is 0 Å². The predicted octanol–water partition coefficient (Wildman–Crippen LogP) is 3.79. The molecule has 2 rings (SSSR count). The van der Waals surface area contributed by atoms with Crippen molar-refractivity contribution in [2.45, 2.75) is 20.3 Å². The average molecular weight is 357 g/mol. The number of hydrogen-bond donors (Lipinski definition) is 0. The van der Waals surface area contributed by atoms with Crippen LogP contribution in [0.1, 0.15) is 26.6 Å². The molecule has 0 atom stereocenters. The highest BCUT2D eigenvalue weighted by Crippen LogP contribution is 2.19. The van der Waals surface area contributed by atoms with E-state index in [1.807, 2.05) is 37.4 Å². The number of ketones is 1. The van der Waals surface area contributed by atoms with E-state index in [-0.39, 0.29) is 5.78 Å². The quantitative estimate of drug-likeness (QED) is 0.618. The van der Waals surface area contributed by atoms with Crippen LogP contribution >= 0.6 is 33.9 Å². The molecule has 2 nitrogen and oxygen atoms in total. The molecule has 0 saturated carbocycles. The van der Waals surface area contributed by atoms with Gasteiger partial charge in [0.1, 0.15) is 0 Å². The molecule has 1 aromatic heterocycles. The second-order valence-electron chi connectivity index (χ2n) is 3.89. The summed E-state index contributed by atoms with van der Waals surface area (Å²) in [5.74, 6) is 0.142. The number of hydrogen-bond acceptors (Lipinski definition) is 3. The van der Waals surface area contributed by atoms with Crippen LogP contribution in [0.5, 0.6) is 0 Å². The number of carbonyl (C=O) groups is 1. The Morgan fingerprint density at radius 1 is 1.41 bits per heavy atom. The van der Waals surface area contributed by atoms with Crippen LogP contribution in [0.25, 0.3) is 0 Å². The summed E-state index contributed by atoms with van der Waals surface area (Å²) in [5.41, 5.74) is 2.82. The van der Waals surface area contributed by atoms with Crippen molar-refractivity contribution in [1.82, 2.24) is 4.98 Å². The van der Waals surface area contributed by atoms with Crippen molar-refractivity contribution in [2.75, 3.05) is 0 Å². The van der Waals surface area contributed by atoms with E-state index in [9.17, 15) is 4.79 Å². The number of halogens is 1. The fraction of sp³-hybridized carbons (Fsp3) is 0.231. The number of Topliss-reactive ketones (excluding diaryl/α,β-unsaturated/α-hetero) is 1. The lowest BCUT2D eigenvalue weighted by Gasteiger charge is -2.05. The van der Waals surface area contributed by atoms with E-state index in [1.54, 1.807) is 11.3 Å². The molecule has 88 valence electrons. The van der Waals surface area contributed by atoms with Gasteiger partial charge < -0.3 is 0 Å². The van der Waals surface area contributed by atoms with E-state index in [4.69, 9.17) is 0 Å². The first-order valence-electron chi connectivity index (χ1n) is 5.27. The van der Waals surface area contributed by atoms with E-state index >= 15 is 0 Å². The molecule has 0 aliphatic heterocycles. The Balaban J connectivity index is 2.23. The van der Waals surface area contributed by atoms with Gasteiger partial charge in [0.25, 0.3) is 0 Å². The zero-order chi connectivity index (χ0) is 12.4. The number of thiazole rings is 1. The lowest BCUT2D eigenvalue weighted by atomic mass is 10.0. The Morgan fingerprint density at radius 2 is 2.18 bits per heavy atom. The Morgan fingerprint density at radius 3 is 2.82 bits per heavy atom. The van der Waals surface area contributed by atoms with E-state index in [2.05, 4.69) is 27.6 Å². The molecule has 1 aromatic carbocycles. The first-order chi connectivity index (χ1) is 8.08. The number of rotatable bonds is 3. The standard InChI is InChI=1S/C13H12INOS/c1-8-4-3-5-11(13(8)14)12(16)6-10-7-17-9(2)15-10/h3-5,7H,6H2,1-2H3. The van der Waals surface area contributed by atoms with Crippen molar-refractivity contribution in [2.24, 2.45) is 0 Å². The summed E-state index contributed by atoms with van der Waals surface area (Å²) < 4.78 is 1.04. The third-order valence-electron chi connectivity index (χ3n) is 2.50. The fourth-order valence-electron chi connectivity index (χ4n) is 1.61. The highest BCUT2D eigenvalue weighted by atomic mass is 127. The Hall–Kier alpha value is -0.750. The van der Waals surface area contributed by atoms with Crippen LogP contribution in [0.3, 0.4) is 0 Å². The molecule has 4 heteroatoms. The van der Waals surface area contributed by atoms with Gasteiger partial charge in [0.05, 0.1) is 17.1 Å². The number of carbonyl (C=O) groups excluding carboxylic acids is 1. The molecule has 0 radical (unpaired) electrons. The van der Waals surface area contributed by atoms with Gasteiger partial charge in [-0.3, -0.25) is 4.79 Å². The van der Waals surface area contributed by atoms with Gasteiger partial charge in [-0.1, -0.05) is 18.2 Å². The highest BCUT2D eigenvalue weighted by Gasteiger charge is 2.13. The maximum atomic E-state index is 12.2. The molecular formula is C13H12INOS. The Kier molecular flexibility index (Phi) is 3.93. The predicted molar refractivity (Wildman–Crippen MR) is 78.8 cm³/mol. The van der Waals surface area contributed by atoms with Crippen molar-refractivity contribution in [1.29, 1.82) is 0 Å². The molecule has 2 aromatic rings. The van der Waals surface area contributed by atoms with Crippen LogP contribution in [-0.4, -0.2) is 10.8 Å². The molecule has 0 aliphatic rings. The number of nitrogens with zero attached hydrogens (tertiary/aromatic N) is 1. The molecule has 0 aliphatic carbocycles. The van der Waals surface area contributed by atoms with E-state index < -0.39 is 0 Å². The monoisotopic (exact) mass is 357 g/mol. The van der Waals surface area contributed by atoms with Crippen LogP contribution in [0.15, 0.2) is 23.6 Å². The first-order valence-corrected chi connectivity index (χ1v) is 7.23. The number of benzene rings is 1. The fourth-order valence-corrected chi connectivity index (χ4v) is 2.88. The van der Waals surface area contributed by atoms with Crippen molar-refractivity contribution in [3.05, 3.63) is 49.0 Å². The van der Waals surface area contributed by atoms with Gasteiger partial charge >= 0.3 is 0 Å². The van der Waals surface area contributed by atoms with Crippen LogP contribution < -0.4 is 0 Å². The summed E-state index contributed by atoms with van der Waals surface area (Å²) in [4.78, 5) is 16.5. The maximum absolute atomic E-state index is 12.2. The van der Waals surface area contributed by atoms with E-state index in [0.29, 0.717) is 6.42 Å². The Bertz CT molecular complexity index is 562. The minimum atomic E-state index is 0.142. The smallest absolute Gasteiger partial charge is 0.169 e. The summed E-state index contributed by atoms with van der Waals surface area (Å²) in [5, 5.41) is 2.96. The molecule has 17 heavy (non-hydrogen) atoms. The minimum Gasteiger partial charge on any atom is -0.294 e. The number of aromatic nitrogens is 1. The third-order valence-corrected chi connectivity index (χ3v) is 4.75. The number of aryl methyl sites for hydroxylation is 2. The molecule has 1 heterocycles. The van der Waals surface area contributed by atoms with Crippen LogP contribution in [-0.2, 0) is 6.42 Å². The molecule has 0 spiro atoms. The first kappa shape index (κ1) is 12.7. The van der Waals surface area contributed by atoms with Gasteiger partial charge in [-0.25, -0.2) is 4.98 Å². The van der Waals surface area contributed by atoms with Gasteiger partial charge in [0.15, 0.2) is 5.78 Å². The van der Waals surface area contributed by atoms with Crippen LogP contribution in [0.2, 0.25) is 0 Å². The molecule has 0 N–H and O–H groups in total. The van der Waals surface area contributed by atoms with Gasteiger partial charge in [-0.15, -0.1) is 11.3 Å². The van der Waals surface area contributed by atoms with Gasteiger partial charge in [0.2, 0.25) is 0 Å². The average Bonchev–Trinajstić information content (AvgIpc) is 2.68. The summed E-state index contributed by atoms with van der Waals surface area (Å²) in [6.45, 7) is 3.97. The molecule has 0 fully saturated rings. The second kappa shape index (κ2) is 5.27. The van der Waals surface area contributed by atoms with Crippen molar-refractivity contribution in [3.63, 3.8) is 0 Å². The van der Waals surface area contributed by atoms with E-state index in [0.717, 1.165) is 25.4 Å². The third kappa shape index (κ3) is 2.93. The summed E-state index contributed by atoms with van der Waals surface area (Å²) in [6.07, 6.45) is 0.393. The molecular weight excluding hydrogens is 345 g/mol. The van der Waals surface area contributed by atoms with Crippen molar-refractivity contribution in [3.8, 4) is 0 Å². The highest BCUT2D eigenvalue weighted by molar-refractivity contribution is 14.1. The lowest BCUT2D eigenvalue weighted by molar-refractivity contribution is 0.0991. The second-order valence-corrected chi connectivity index (χ2v) is 6.04. The minimum absolute atomic E-state index is 0.142. The van der Waals surface area contributed by atoms with Crippen LogP contribution in [0, 0.1) is 17.4 Å². The van der Waals surface area contributed by atoms with E-state index in [1.165, 1.54) is 0 Å². The Labute approximate surface area is 118 Å². The zero-order valence-corrected chi connectivity index (χ0v) is 12.6. The molecule has 0 bridgehead atoms. The maximum Gasteiger partial charge on any atom is 0.169 e. The molecule has 0 saturated heterocycles. The normalized spacial score (nSPS) is 10.5. The topological polar surface area (TPSA) is 30.0 Å². The van der Waals surface area contributed by atoms with Crippen LogP contribution in [0.4, 0.5) is 0 Å².